The summed E-state index contributed by atoms with van der Waals surface area (Å²) in [5.41, 5.74) is -0.389. The van der Waals surface area contributed by atoms with Crippen LogP contribution in [0.15, 0.2) is 53.4 Å². The van der Waals surface area contributed by atoms with E-state index in [0.29, 0.717) is 0 Å². The molecule has 0 saturated heterocycles. The van der Waals surface area contributed by atoms with Crippen molar-refractivity contribution in [1.82, 2.24) is 5.32 Å². The summed E-state index contributed by atoms with van der Waals surface area (Å²) in [6.45, 7) is -1.53. The van der Waals surface area contributed by atoms with Gasteiger partial charge in [-0.3, -0.25) is 9.52 Å². The summed E-state index contributed by atoms with van der Waals surface area (Å²) in [4.78, 5) is 11.8. The Morgan fingerprint density at radius 2 is 1.76 bits per heavy atom. The second-order valence-corrected chi connectivity index (χ2v) is 7.03. The molecule has 2 rings (SSSR count). The van der Waals surface area contributed by atoms with Crippen molar-refractivity contribution in [3.8, 4) is 0 Å². The van der Waals surface area contributed by atoms with E-state index in [-0.39, 0.29) is 21.2 Å². The van der Waals surface area contributed by atoms with Crippen molar-refractivity contribution in [2.45, 2.75) is 11.1 Å². The van der Waals surface area contributed by atoms with Crippen molar-refractivity contribution >= 4 is 33.2 Å². The zero-order chi connectivity index (χ0) is 18.7. The van der Waals surface area contributed by atoms with Crippen molar-refractivity contribution in [2.75, 3.05) is 11.3 Å². The molecule has 0 aliphatic carbocycles. The van der Waals surface area contributed by atoms with Crippen molar-refractivity contribution in [3.05, 3.63) is 59.1 Å². The van der Waals surface area contributed by atoms with Crippen LogP contribution in [0.5, 0.6) is 0 Å². The Hall–Kier alpha value is -2.26. The smallest absolute Gasteiger partial charge is 0.343 e. The molecule has 0 atom stereocenters. The van der Waals surface area contributed by atoms with Gasteiger partial charge in [-0.1, -0.05) is 29.8 Å². The normalized spacial score (nSPS) is 11.8. The molecule has 0 radical (unpaired) electrons. The van der Waals surface area contributed by atoms with Gasteiger partial charge in [-0.25, -0.2) is 8.42 Å². The maximum Gasteiger partial charge on any atom is 0.405 e. The molecule has 5 nitrogen and oxygen atoms in total. The number of halogens is 4. The summed E-state index contributed by atoms with van der Waals surface area (Å²) in [7, 11) is -4.07. The van der Waals surface area contributed by atoms with Gasteiger partial charge in [0.2, 0.25) is 0 Å². The number of hydrogen-bond donors (Lipinski definition) is 2. The second-order valence-electron chi connectivity index (χ2n) is 4.91. The summed E-state index contributed by atoms with van der Waals surface area (Å²) < 4.78 is 63.6. The third-order valence-electron chi connectivity index (χ3n) is 2.97. The lowest BCUT2D eigenvalue weighted by Gasteiger charge is -2.13. The topological polar surface area (TPSA) is 75.3 Å². The van der Waals surface area contributed by atoms with Crippen LogP contribution in [0.2, 0.25) is 5.02 Å². The van der Waals surface area contributed by atoms with Crippen LogP contribution in [0.1, 0.15) is 10.4 Å². The first-order valence-electron chi connectivity index (χ1n) is 6.81. The van der Waals surface area contributed by atoms with Crippen molar-refractivity contribution in [1.29, 1.82) is 0 Å². The van der Waals surface area contributed by atoms with E-state index in [1.54, 1.807) is 5.32 Å². The molecular formula is C15H12ClF3N2O3S. The lowest BCUT2D eigenvalue weighted by Crippen LogP contribution is -2.34. The molecule has 1 amide bonds. The Labute approximate surface area is 146 Å². The Kier molecular flexibility index (Phi) is 5.58. The molecule has 0 aromatic heterocycles. The highest BCUT2D eigenvalue weighted by atomic mass is 35.5. The predicted molar refractivity (Wildman–Crippen MR) is 87.1 cm³/mol. The van der Waals surface area contributed by atoms with Crippen LogP contribution in [0.4, 0.5) is 18.9 Å². The molecule has 0 heterocycles. The van der Waals surface area contributed by atoms with Crippen LogP contribution in [0, 0.1) is 0 Å². The molecule has 0 saturated carbocycles. The summed E-state index contributed by atoms with van der Waals surface area (Å²) in [6.07, 6.45) is -4.58. The number of hydrogen-bond acceptors (Lipinski definition) is 3. The van der Waals surface area contributed by atoms with Gasteiger partial charge in [0.1, 0.15) is 6.54 Å². The van der Waals surface area contributed by atoms with Crippen molar-refractivity contribution < 1.29 is 26.4 Å². The molecule has 2 N–H and O–H groups in total. The van der Waals surface area contributed by atoms with Crippen molar-refractivity contribution in [2.24, 2.45) is 0 Å². The van der Waals surface area contributed by atoms with Gasteiger partial charge in [0, 0.05) is 5.02 Å². The number of rotatable bonds is 5. The number of sulfonamides is 1. The molecule has 10 heteroatoms. The van der Waals surface area contributed by atoms with Gasteiger partial charge >= 0.3 is 6.18 Å². The van der Waals surface area contributed by atoms with Gasteiger partial charge < -0.3 is 5.32 Å². The molecule has 0 unspecified atom stereocenters. The lowest BCUT2D eigenvalue weighted by atomic mass is 10.1. The van der Waals surface area contributed by atoms with E-state index in [0.717, 1.165) is 0 Å². The monoisotopic (exact) mass is 392 g/mol. The molecule has 0 aliphatic heterocycles. The number of para-hydroxylation sites is 1. The SMILES string of the molecule is O=C(NCC(F)(F)F)c1ccccc1NS(=O)(=O)c1cccc(Cl)c1. The molecule has 0 spiro atoms. The highest BCUT2D eigenvalue weighted by Crippen LogP contribution is 2.22. The van der Waals surface area contributed by atoms with E-state index >= 15 is 0 Å². The highest BCUT2D eigenvalue weighted by Gasteiger charge is 2.28. The largest absolute Gasteiger partial charge is 0.405 e. The van der Waals surface area contributed by atoms with Crippen LogP contribution in [-0.4, -0.2) is 27.0 Å². The third kappa shape index (κ3) is 5.36. The number of benzene rings is 2. The first-order chi connectivity index (χ1) is 11.6. The molecule has 0 bridgehead atoms. The Bertz CT molecular complexity index is 886. The highest BCUT2D eigenvalue weighted by molar-refractivity contribution is 7.92. The van der Waals surface area contributed by atoms with Crippen LogP contribution in [0.3, 0.4) is 0 Å². The summed E-state index contributed by atoms with van der Waals surface area (Å²) >= 11 is 5.76. The van der Waals surface area contributed by atoms with Crippen molar-refractivity contribution in [3.63, 3.8) is 0 Å². The number of nitrogens with one attached hydrogen (secondary N) is 2. The second kappa shape index (κ2) is 7.32. The zero-order valence-corrected chi connectivity index (χ0v) is 14.0. The predicted octanol–water partition coefficient (Wildman–Crippen LogP) is 3.43. The average Bonchev–Trinajstić information content (AvgIpc) is 2.52. The van der Waals surface area contributed by atoms with Gasteiger partial charge in [-0.2, -0.15) is 13.2 Å². The van der Waals surface area contributed by atoms with Crippen LogP contribution in [0.25, 0.3) is 0 Å². The van der Waals surface area contributed by atoms with Crippen LogP contribution < -0.4 is 10.0 Å². The Balaban J connectivity index is 2.27. The minimum Gasteiger partial charge on any atom is -0.343 e. The number of amides is 1. The number of carbonyl (C=O) groups excluding carboxylic acids is 1. The van der Waals surface area contributed by atoms with E-state index < -0.39 is 28.7 Å². The van der Waals surface area contributed by atoms with Gasteiger partial charge in [0.25, 0.3) is 15.9 Å². The standard InChI is InChI=1S/C15H12ClF3N2O3S/c16-10-4-3-5-11(8-10)25(23,24)21-13-7-2-1-6-12(13)14(22)20-9-15(17,18)19/h1-8,21H,9H2,(H,20,22). The maximum absolute atomic E-state index is 12.4. The van der Waals surface area contributed by atoms with Gasteiger partial charge in [-0.05, 0) is 30.3 Å². The van der Waals surface area contributed by atoms with E-state index in [9.17, 15) is 26.4 Å². The van der Waals surface area contributed by atoms with E-state index in [4.69, 9.17) is 11.6 Å². The molecule has 0 fully saturated rings. The zero-order valence-electron chi connectivity index (χ0n) is 12.5. The number of carbonyl (C=O) groups is 1. The Morgan fingerprint density at radius 1 is 1.08 bits per heavy atom. The average molecular weight is 393 g/mol. The molecule has 0 aliphatic rings. The quantitative estimate of drug-likeness (QED) is 0.818. The summed E-state index contributed by atoms with van der Waals surface area (Å²) in [5.74, 6) is -1.05. The lowest BCUT2D eigenvalue weighted by molar-refractivity contribution is -0.123. The summed E-state index contributed by atoms with van der Waals surface area (Å²) in [6, 6.07) is 10.7. The summed E-state index contributed by atoms with van der Waals surface area (Å²) in [5, 5.41) is 1.89. The fourth-order valence-corrected chi connectivity index (χ4v) is 3.26. The molecule has 2 aromatic rings. The van der Waals surface area contributed by atoms with Gasteiger partial charge in [0.05, 0.1) is 16.1 Å². The molecule has 25 heavy (non-hydrogen) atoms. The third-order valence-corrected chi connectivity index (χ3v) is 4.57. The van der Waals surface area contributed by atoms with Crippen LogP contribution >= 0.6 is 11.6 Å². The fraction of sp³-hybridized carbons (Fsp3) is 0.133. The fourth-order valence-electron chi connectivity index (χ4n) is 1.88. The van der Waals surface area contributed by atoms with Crippen LogP contribution in [-0.2, 0) is 10.0 Å². The molecule has 2 aromatic carbocycles. The molecular weight excluding hydrogens is 381 g/mol. The number of anilines is 1. The minimum atomic E-state index is -4.58. The van der Waals surface area contributed by atoms with E-state index in [1.807, 2.05) is 0 Å². The Morgan fingerprint density at radius 3 is 2.40 bits per heavy atom. The minimum absolute atomic E-state index is 0.148. The van der Waals surface area contributed by atoms with Gasteiger partial charge in [-0.15, -0.1) is 0 Å². The first kappa shape index (κ1) is 19.1. The van der Waals surface area contributed by atoms with E-state index in [1.165, 1.54) is 48.5 Å². The first-order valence-corrected chi connectivity index (χ1v) is 8.67. The molecule has 134 valence electrons. The number of alkyl halides is 3. The maximum atomic E-state index is 12.4. The van der Waals surface area contributed by atoms with E-state index in [2.05, 4.69) is 4.72 Å². The van der Waals surface area contributed by atoms with Gasteiger partial charge in [0.15, 0.2) is 0 Å².